The summed E-state index contributed by atoms with van der Waals surface area (Å²) in [5.41, 5.74) is 4.21. The van der Waals surface area contributed by atoms with Crippen molar-refractivity contribution in [2.45, 2.75) is 13.1 Å². The number of benzene rings is 3. The molecule has 2 amide bonds. The molecule has 0 saturated carbocycles. The van der Waals surface area contributed by atoms with Crippen LogP contribution in [-0.4, -0.2) is 20.7 Å². The molecule has 3 aromatic carbocycles. The molecule has 0 atom stereocenters. The van der Waals surface area contributed by atoms with Crippen molar-refractivity contribution in [3.63, 3.8) is 0 Å². The molecular weight excluding hydrogens is 406 g/mol. The Labute approximate surface area is 184 Å². The highest BCUT2D eigenvalue weighted by molar-refractivity contribution is 5.89. The van der Waals surface area contributed by atoms with E-state index in [1.54, 1.807) is 0 Å². The molecule has 4 rings (SSSR count). The summed E-state index contributed by atoms with van der Waals surface area (Å²) in [5.74, 6) is 0. The largest absolute Gasteiger partial charge is 0.334 e. The standard InChI is InChI=1S/C24H21N5O3/c30-24(26-21-11-13-22(14-12-21)29(31)32)25-15-20-17-28(16-18-7-3-1-4-8-18)27-23(20)19-9-5-2-6-10-19/h1-14,17H,15-16H2,(H2,25,26,30). The van der Waals surface area contributed by atoms with Gasteiger partial charge in [0.1, 0.15) is 0 Å². The third kappa shape index (κ3) is 5.17. The van der Waals surface area contributed by atoms with Crippen LogP contribution in [-0.2, 0) is 13.1 Å². The maximum absolute atomic E-state index is 12.4. The summed E-state index contributed by atoms with van der Waals surface area (Å²) in [6.07, 6.45) is 1.93. The molecule has 0 aliphatic heterocycles. The van der Waals surface area contributed by atoms with Crippen LogP contribution in [0.1, 0.15) is 11.1 Å². The number of urea groups is 1. The van der Waals surface area contributed by atoms with Gasteiger partial charge < -0.3 is 10.6 Å². The number of carbonyl (C=O) groups is 1. The van der Waals surface area contributed by atoms with Gasteiger partial charge in [-0.2, -0.15) is 5.10 Å². The second kappa shape index (κ2) is 9.57. The predicted octanol–water partition coefficient (Wildman–Crippen LogP) is 4.83. The molecule has 8 nitrogen and oxygen atoms in total. The lowest BCUT2D eigenvalue weighted by atomic mass is 10.1. The molecule has 4 aromatic rings. The van der Waals surface area contributed by atoms with Crippen LogP contribution in [0.2, 0.25) is 0 Å². The van der Waals surface area contributed by atoms with Crippen molar-refractivity contribution in [3.05, 3.63) is 112 Å². The van der Waals surface area contributed by atoms with Crippen molar-refractivity contribution in [1.82, 2.24) is 15.1 Å². The lowest BCUT2D eigenvalue weighted by Gasteiger charge is -2.08. The van der Waals surface area contributed by atoms with Gasteiger partial charge in [0.05, 0.1) is 17.2 Å². The number of nitro benzene ring substituents is 1. The van der Waals surface area contributed by atoms with Gasteiger partial charge in [0, 0.05) is 41.7 Å². The first-order valence-electron chi connectivity index (χ1n) is 10.0. The second-order valence-electron chi connectivity index (χ2n) is 7.16. The summed E-state index contributed by atoms with van der Waals surface area (Å²) in [7, 11) is 0. The van der Waals surface area contributed by atoms with E-state index in [1.165, 1.54) is 24.3 Å². The predicted molar refractivity (Wildman–Crippen MR) is 122 cm³/mol. The van der Waals surface area contributed by atoms with Crippen LogP contribution in [0.15, 0.2) is 91.1 Å². The maximum Gasteiger partial charge on any atom is 0.319 e. The number of amides is 2. The molecule has 0 aliphatic carbocycles. The van der Waals surface area contributed by atoms with Crippen molar-refractivity contribution in [1.29, 1.82) is 0 Å². The normalized spacial score (nSPS) is 10.5. The van der Waals surface area contributed by atoms with Gasteiger partial charge in [-0.1, -0.05) is 60.7 Å². The summed E-state index contributed by atoms with van der Waals surface area (Å²) in [4.78, 5) is 22.6. The van der Waals surface area contributed by atoms with Gasteiger partial charge in [-0.3, -0.25) is 14.8 Å². The minimum Gasteiger partial charge on any atom is -0.334 e. The van der Waals surface area contributed by atoms with Gasteiger partial charge in [-0.15, -0.1) is 0 Å². The molecule has 0 saturated heterocycles. The number of non-ortho nitro benzene ring substituents is 1. The number of hydrogen-bond acceptors (Lipinski definition) is 4. The van der Waals surface area contributed by atoms with E-state index in [-0.39, 0.29) is 12.2 Å². The Morgan fingerprint density at radius 1 is 0.938 bits per heavy atom. The number of nitrogens with zero attached hydrogens (tertiary/aromatic N) is 3. The van der Waals surface area contributed by atoms with E-state index in [0.717, 1.165) is 22.4 Å². The van der Waals surface area contributed by atoms with Crippen LogP contribution < -0.4 is 10.6 Å². The average molecular weight is 427 g/mol. The van der Waals surface area contributed by atoms with E-state index in [2.05, 4.69) is 10.6 Å². The molecule has 2 N–H and O–H groups in total. The Kier molecular flexibility index (Phi) is 6.22. The lowest BCUT2D eigenvalue weighted by Crippen LogP contribution is -2.28. The highest BCUT2D eigenvalue weighted by Crippen LogP contribution is 2.22. The van der Waals surface area contributed by atoms with Gasteiger partial charge in [0.2, 0.25) is 0 Å². The van der Waals surface area contributed by atoms with Crippen LogP contribution in [0.4, 0.5) is 16.2 Å². The quantitative estimate of drug-likeness (QED) is 0.326. The second-order valence-corrected chi connectivity index (χ2v) is 7.16. The molecule has 0 unspecified atom stereocenters. The zero-order chi connectivity index (χ0) is 22.3. The first-order chi connectivity index (χ1) is 15.6. The summed E-state index contributed by atoms with van der Waals surface area (Å²) in [5, 5.41) is 21.0. The molecule has 0 radical (unpaired) electrons. The molecular formula is C24H21N5O3. The number of aromatic nitrogens is 2. The number of hydrogen-bond donors (Lipinski definition) is 2. The first kappa shape index (κ1) is 20.8. The van der Waals surface area contributed by atoms with E-state index in [4.69, 9.17) is 5.10 Å². The number of nitrogens with one attached hydrogen (secondary N) is 2. The van der Waals surface area contributed by atoms with E-state index in [9.17, 15) is 14.9 Å². The number of anilines is 1. The Hall–Kier alpha value is -4.46. The first-order valence-corrected chi connectivity index (χ1v) is 10.0. The zero-order valence-corrected chi connectivity index (χ0v) is 17.1. The van der Waals surface area contributed by atoms with Crippen LogP contribution in [0, 0.1) is 10.1 Å². The van der Waals surface area contributed by atoms with Gasteiger partial charge >= 0.3 is 6.03 Å². The van der Waals surface area contributed by atoms with Crippen molar-refractivity contribution in [3.8, 4) is 11.3 Å². The minimum absolute atomic E-state index is 0.0331. The van der Waals surface area contributed by atoms with Gasteiger partial charge in [0.15, 0.2) is 0 Å². The van der Waals surface area contributed by atoms with Crippen LogP contribution >= 0.6 is 0 Å². The molecule has 32 heavy (non-hydrogen) atoms. The molecule has 8 heteroatoms. The molecule has 0 bridgehead atoms. The lowest BCUT2D eigenvalue weighted by molar-refractivity contribution is -0.384. The Bertz CT molecular complexity index is 1210. The molecule has 0 aliphatic rings. The maximum atomic E-state index is 12.4. The number of carbonyl (C=O) groups excluding carboxylic acids is 1. The number of nitro groups is 1. The van der Waals surface area contributed by atoms with E-state index in [0.29, 0.717) is 12.2 Å². The average Bonchev–Trinajstić information content (AvgIpc) is 3.22. The fraction of sp³-hybridized carbons (Fsp3) is 0.0833. The van der Waals surface area contributed by atoms with Crippen molar-refractivity contribution in [2.24, 2.45) is 0 Å². The third-order valence-corrected chi connectivity index (χ3v) is 4.85. The van der Waals surface area contributed by atoms with Crippen LogP contribution in [0.3, 0.4) is 0 Å². The Morgan fingerprint density at radius 2 is 1.59 bits per heavy atom. The topological polar surface area (TPSA) is 102 Å². The smallest absolute Gasteiger partial charge is 0.319 e. The molecule has 1 heterocycles. The van der Waals surface area contributed by atoms with Gasteiger partial charge in [0.25, 0.3) is 5.69 Å². The zero-order valence-electron chi connectivity index (χ0n) is 17.1. The van der Waals surface area contributed by atoms with E-state index < -0.39 is 11.0 Å². The van der Waals surface area contributed by atoms with Crippen LogP contribution in [0.5, 0.6) is 0 Å². The molecule has 1 aromatic heterocycles. The Balaban J connectivity index is 1.47. The fourth-order valence-electron chi connectivity index (χ4n) is 3.30. The molecule has 160 valence electrons. The Morgan fingerprint density at radius 3 is 2.25 bits per heavy atom. The van der Waals surface area contributed by atoms with Gasteiger partial charge in [-0.05, 0) is 17.7 Å². The molecule has 0 spiro atoms. The fourth-order valence-corrected chi connectivity index (χ4v) is 3.30. The van der Waals surface area contributed by atoms with Crippen molar-refractivity contribution >= 4 is 17.4 Å². The number of rotatable bonds is 7. The van der Waals surface area contributed by atoms with E-state index >= 15 is 0 Å². The molecule has 0 fully saturated rings. The SMILES string of the molecule is O=C(NCc1cn(Cc2ccccc2)nc1-c1ccccc1)Nc1ccc([N+](=O)[O-])cc1. The van der Waals surface area contributed by atoms with Crippen molar-refractivity contribution < 1.29 is 9.72 Å². The third-order valence-electron chi connectivity index (χ3n) is 4.85. The van der Waals surface area contributed by atoms with Crippen molar-refractivity contribution in [2.75, 3.05) is 5.32 Å². The monoisotopic (exact) mass is 427 g/mol. The minimum atomic E-state index is -0.484. The summed E-state index contributed by atoms with van der Waals surface area (Å²) >= 11 is 0. The van der Waals surface area contributed by atoms with E-state index in [1.807, 2.05) is 71.5 Å². The summed E-state index contributed by atoms with van der Waals surface area (Å²) in [6.45, 7) is 0.896. The van der Waals surface area contributed by atoms with Crippen LogP contribution in [0.25, 0.3) is 11.3 Å². The summed E-state index contributed by atoms with van der Waals surface area (Å²) in [6, 6.07) is 25.1. The highest BCUT2D eigenvalue weighted by Gasteiger charge is 2.13. The summed E-state index contributed by atoms with van der Waals surface area (Å²) < 4.78 is 1.86. The van der Waals surface area contributed by atoms with Gasteiger partial charge in [-0.25, -0.2) is 4.79 Å². The highest BCUT2D eigenvalue weighted by atomic mass is 16.6.